The van der Waals surface area contributed by atoms with Gasteiger partial charge in [0.2, 0.25) is 0 Å². The van der Waals surface area contributed by atoms with Crippen molar-refractivity contribution in [2.24, 2.45) is 4.99 Å². The maximum absolute atomic E-state index is 11.8. The van der Waals surface area contributed by atoms with E-state index in [0.29, 0.717) is 5.65 Å². The fourth-order valence-corrected chi connectivity index (χ4v) is 3.47. The first kappa shape index (κ1) is 17.9. The summed E-state index contributed by atoms with van der Waals surface area (Å²) in [6.45, 7) is -0.466. The Morgan fingerprint density at radius 2 is 1.97 bits per heavy atom. The molecule has 5 atom stereocenters. The van der Waals surface area contributed by atoms with E-state index in [1.807, 2.05) is 0 Å². The van der Waals surface area contributed by atoms with Gasteiger partial charge in [-0.2, -0.15) is 4.98 Å². The predicted molar refractivity (Wildman–Crippen MR) is 94.7 cm³/mol. The number of nitrogens with zero attached hydrogens (tertiary/aromatic N) is 7. The highest BCUT2D eigenvalue weighted by atomic mass is 16.6. The molecule has 0 spiro atoms. The number of H-pyrrole nitrogens is 1. The zero-order valence-corrected chi connectivity index (χ0v) is 14.6. The molecule has 0 radical (unpaired) electrons. The fraction of sp³-hybridized carbons (Fsp3) is 0.400. The summed E-state index contributed by atoms with van der Waals surface area (Å²) in [5.41, 5.74) is 0.0385. The third kappa shape index (κ3) is 2.51. The van der Waals surface area contributed by atoms with E-state index in [0.717, 1.165) is 0 Å². The maximum atomic E-state index is 11.8. The number of aromatic amines is 1. The van der Waals surface area contributed by atoms with Crippen molar-refractivity contribution in [1.82, 2.24) is 29.2 Å². The van der Waals surface area contributed by atoms with Crippen molar-refractivity contribution in [3.05, 3.63) is 35.0 Å². The number of hydrogen-bond acceptors (Lipinski definition) is 11. The molecule has 5 rings (SSSR count). The first-order chi connectivity index (χ1) is 14.0. The number of ether oxygens (including phenoxy) is 1. The van der Waals surface area contributed by atoms with Crippen molar-refractivity contribution in [3.8, 4) is 0 Å². The number of aromatic nitrogens is 6. The van der Waals surface area contributed by atoms with Gasteiger partial charge in [0.25, 0.3) is 0 Å². The third-order valence-corrected chi connectivity index (χ3v) is 4.96. The summed E-state index contributed by atoms with van der Waals surface area (Å²) in [4.78, 5) is 30.6. The molecule has 5 heterocycles. The van der Waals surface area contributed by atoms with Crippen molar-refractivity contribution in [3.63, 3.8) is 0 Å². The quantitative estimate of drug-likeness (QED) is 0.306. The number of aliphatic imine (C=N–C) groups is 1. The standard InChI is InChI=1S/C15H16N8O6/c24-1-6-9(25)10(26)15(29-6)21-3-18-8-11(21)20-5-23(14(8)28)22-4-19-7-12(22)16-2-17-13(7)27/h2-6,9-10,14-15,24-26,28H,1H2,(H,16,17,27)/t6-,9?,10?,14?,15-/m1/s1. The highest BCUT2D eigenvalue weighted by molar-refractivity contribution is 5.78. The third-order valence-electron chi connectivity index (χ3n) is 4.96. The summed E-state index contributed by atoms with van der Waals surface area (Å²) in [5.74, 6) is 0.211. The van der Waals surface area contributed by atoms with Crippen LogP contribution in [0.15, 0.2) is 28.8 Å². The monoisotopic (exact) mass is 404 g/mol. The molecule has 0 saturated carbocycles. The largest absolute Gasteiger partial charge is 0.394 e. The fourth-order valence-electron chi connectivity index (χ4n) is 3.47. The Hall–Kier alpha value is -3.17. The van der Waals surface area contributed by atoms with Crippen LogP contribution in [0.1, 0.15) is 18.1 Å². The number of imidazole rings is 2. The number of fused-ring (bicyclic) bond motifs is 2. The highest BCUT2D eigenvalue weighted by Gasteiger charge is 2.45. The molecular formula is C15H16N8O6. The lowest BCUT2D eigenvalue weighted by Gasteiger charge is -2.29. The Balaban J connectivity index is 1.51. The number of aliphatic hydroxyl groups excluding tert-OH is 4. The topological polar surface area (TPSA) is 187 Å². The van der Waals surface area contributed by atoms with Gasteiger partial charge in [-0.3, -0.25) is 9.36 Å². The molecule has 2 aliphatic heterocycles. The zero-order chi connectivity index (χ0) is 20.3. The van der Waals surface area contributed by atoms with Gasteiger partial charge in [0, 0.05) is 0 Å². The SMILES string of the molecule is O=c1nc[nH]c2c1ncn2N1C=Nc2c(ncn2[C@@H]2O[C@H](CO)C(O)C2O)C1O. The Morgan fingerprint density at radius 1 is 1.14 bits per heavy atom. The summed E-state index contributed by atoms with van der Waals surface area (Å²) >= 11 is 0. The minimum Gasteiger partial charge on any atom is -0.394 e. The van der Waals surface area contributed by atoms with E-state index in [1.165, 1.54) is 39.6 Å². The first-order valence-corrected chi connectivity index (χ1v) is 8.62. The van der Waals surface area contributed by atoms with Crippen LogP contribution in [0.2, 0.25) is 0 Å². The van der Waals surface area contributed by atoms with Crippen LogP contribution < -0.4 is 10.6 Å². The van der Waals surface area contributed by atoms with Gasteiger partial charge >= 0.3 is 5.56 Å². The number of hydrogen-bond donors (Lipinski definition) is 5. The summed E-state index contributed by atoms with van der Waals surface area (Å²) in [6, 6.07) is 0. The second kappa shape index (κ2) is 6.43. The lowest BCUT2D eigenvalue weighted by atomic mass is 10.1. The molecule has 5 N–H and O–H groups in total. The summed E-state index contributed by atoms with van der Waals surface area (Å²) < 4.78 is 8.25. The molecule has 3 unspecified atom stereocenters. The van der Waals surface area contributed by atoms with Gasteiger partial charge in [-0.15, -0.1) is 0 Å². The molecule has 0 amide bonds. The lowest BCUT2D eigenvalue weighted by molar-refractivity contribution is -0.0520. The van der Waals surface area contributed by atoms with Gasteiger partial charge in [-0.1, -0.05) is 0 Å². The van der Waals surface area contributed by atoms with Crippen LogP contribution >= 0.6 is 0 Å². The summed E-state index contributed by atoms with van der Waals surface area (Å²) in [7, 11) is 0. The van der Waals surface area contributed by atoms with Gasteiger partial charge in [0.15, 0.2) is 29.4 Å². The van der Waals surface area contributed by atoms with Gasteiger partial charge in [-0.25, -0.2) is 24.6 Å². The lowest BCUT2D eigenvalue weighted by Crippen LogP contribution is -2.39. The minimum atomic E-state index is -1.31. The molecule has 3 aromatic rings. The van der Waals surface area contributed by atoms with Crippen LogP contribution in [0.5, 0.6) is 0 Å². The number of rotatable bonds is 3. The van der Waals surface area contributed by atoms with E-state index in [1.54, 1.807) is 0 Å². The van der Waals surface area contributed by atoms with E-state index in [4.69, 9.17) is 4.74 Å². The van der Waals surface area contributed by atoms with Gasteiger partial charge < -0.3 is 30.1 Å². The summed E-state index contributed by atoms with van der Waals surface area (Å²) in [5, 5.41) is 41.6. The molecule has 0 aliphatic carbocycles. The van der Waals surface area contributed by atoms with E-state index in [-0.39, 0.29) is 17.0 Å². The average molecular weight is 404 g/mol. The minimum absolute atomic E-state index is 0.0935. The Kier molecular flexibility index (Phi) is 3.97. The van der Waals surface area contributed by atoms with Crippen molar-refractivity contribution in [2.75, 3.05) is 11.6 Å². The Morgan fingerprint density at radius 3 is 2.72 bits per heavy atom. The van der Waals surface area contributed by atoms with Gasteiger partial charge in [0.1, 0.15) is 36.7 Å². The van der Waals surface area contributed by atoms with Crippen LogP contribution in [-0.4, -0.2) is 80.9 Å². The molecule has 0 bridgehead atoms. The Bertz CT molecular complexity index is 1150. The van der Waals surface area contributed by atoms with Crippen LogP contribution in [0.25, 0.3) is 11.2 Å². The van der Waals surface area contributed by atoms with Crippen LogP contribution in [0.3, 0.4) is 0 Å². The smallest absolute Gasteiger partial charge is 0.300 e. The van der Waals surface area contributed by atoms with Crippen LogP contribution in [0, 0.1) is 0 Å². The Labute approximate surface area is 161 Å². The molecule has 0 aromatic carbocycles. The molecule has 14 heteroatoms. The average Bonchev–Trinajstić information content (AvgIpc) is 3.40. The first-order valence-electron chi connectivity index (χ1n) is 8.62. The second-order valence-electron chi connectivity index (χ2n) is 6.58. The zero-order valence-electron chi connectivity index (χ0n) is 14.6. The van der Waals surface area contributed by atoms with Crippen molar-refractivity contribution in [1.29, 1.82) is 0 Å². The molecule has 14 nitrogen and oxygen atoms in total. The molecule has 1 fully saturated rings. The van der Waals surface area contributed by atoms with E-state index >= 15 is 0 Å². The molecule has 1 saturated heterocycles. The van der Waals surface area contributed by atoms with E-state index in [2.05, 4.69) is 24.9 Å². The molecule has 2 aliphatic rings. The second-order valence-corrected chi connectivity index (χ2v) is 6.58. The number of nitrogens with one attached hydrogen (secondary N) is 1. The van der Waals surface area contributed by atoms with Crippen molar-refractivity contribution < 1.29 is 25.2 Å². The van der Waals surface area contributed by atoms with Crippen LogP contribution in [0.4, 0.5) is 5.82 Å². The summed E-state index contributed by atoms with van der Waals surface area (Å²) in [6.07, 6.45) is -0.721. The maximum Gasteiger partial charge on any atom is 0.300 e. The van der Waals surface area contributed by atoms with Crippen molar-refractivity contribution >= 4 is 23.3 Å². The van der Waals surface area contributed by atoms with Crippen molar-refractivity contribution in [2.45, 2.75) is 30.8 Å². The predicted octanol–water partition coefficient (Wildman–Crippen LogP) is -2.77. The molecule has 29 heavy (non-hydrogen) atoms. The highest BCUT2D eigenvalue weighted by Crippen LogP contribution is 2.37. The molecular weight excluding hydrogens is 388 g/mol. The molecule has 152 valence electrons. The normalized spacial score (nSPS) is 29.0. The molecule has 3 aromatic heterocycles. The van der Waals surface area contributed by atoms with E-state index in [9.17, 15) is 25.2 Å². The number of aliphatic hydroxyl groups is 4. The van der Waals surface area contributed by atoms with Gasteiger partial charge in [-0.05, 0) is 0 Å². The van der Waals surface area contributed by atoms with E-state index < -0.39 is 42.9 Å². The van der Waals surface area contributed by atoms with Gasteiger partial charge in [0.05, 0.1) is 19.3 Å². The van der Waals surface area contributed by atoms with Crippen LogP contribution in [-0.2, 0) is 4.74 Å².